The molecule has 3 rings (SSSR count). The molecule has 164 valence electrons. The number of nitrogens with zero attached hydrogens (tertiary/aromatic N) is 2. The lowest BCUT2D eigenvalue weighted by Gasteiger charge is -2.36. The van der Waals surface area contributed by atoms with Gasteiger partial charge in [-0.25, -0.2) is 0 Å². The lowest BCUT2D eigenvalue weighted by Crippen LogP contribution is -2.36. The van der Waals surface area contributed by atoms with Crippen LogP contribution in [-0.2, 0) is 0 Å². The van der Waals surface area contributed by atoms with Crippen LogP contribution in [0.15, 0.2) is 36.4 Å². The average Bonchev–Trinajstić information content (AvgIpc) is 3.07. The molecule has 0 spiro atoms. The van der Waals surface area contributed by atoms with Gasteiger partial charge >= 0.3 is 0 Å². The van der Waals surface area contributed by atoms with Gasteiger partial charge < -0.3 is 9.80 Å². The molecule has 1 fully saturated rings. The average molecular weight is 425 g/mol. The van der Waals surface area contributed by atoms with Crippen LogP contribution in [0, 0.1) is 0 Å². The summed E-state index contributed by atoms with van der Waals surface area (Å²) in [6.07, 6.45) is 0. The Morgan fingerprint density at radius 1 is 0.600 bits per heavy atom. The van der Waals surface area contributed by atoms with Crippen molar-refractivity contribution in [3.8, 4) is 0 Å². The van der Waals surface area contributed by atoms with Crippen LogP contribution in [-0.4, -0.2) is 19.0 Å². The maximum absolute atomic E-state index is 3.17. The van der Waals surface area contributed by atoms with Gasteiger partial charge in [-0.05, 0) is 45.9 Å². The fourth-order valence-corrected chi connectivity index (χ4v) is 5.42. The van der Waals surface area contributed by atoms with Gasteiger partial charge in [-0.3, -0.25) is 0 Å². The Bertz CT molecular complexity index is 745. The maximum atomic E-state index is 3.17. The summed E-state index contributed by atoms with van der Waals surface area (Å²) in [7, 11) is 3.17. The van der Waals surface area contributed by atoms with Gasteiger partial charge in [0.2, 0.25) is 0 Å². The number of para-hydroxylation sites is 2. The van der Waals surface area contributed by atoms with E-state index < -0.39 is 0 Å². The second-order valence-electron chi connectivity index (χ2n) is 9.99. The third kappa shape index (κ3) is 4.26. The van der Waals surface area contributed by atoms with E-state index in [-0.39, 0.29) is 5.91 Å². The van der Waals surface area contributed by atoms with E-state index in [0.717, 1.165) is 13.1 Å². The van der Waals surface area contributed by atoms with E-state index in [9.17, 15) is 0 Å². The molecule has 0 aromatic heterocycles. The van der Waals surface area contributed by atoms with E-state index in [1.807, 2.05) is 0 Å². The second-order valence-corrected chi connectivity index (χ2v) is 10.6. The molecule has 3 heteroatoms. The Hall–Kier alpha value is -1.53. The van der Waals surface area contributed by atoms with Crippen LogP contribution in [0.5, 0.6) is 0 Å². The van der Waals surface area contributed by atoms with E-state index in [4.69, 9.17) is 0 Å². The molecule has 0 aliphatic carbocycles. The van der Waals surface area contributed by atoms with Crippen molar-refractivity contribution in [1.82, 2.24) is 0 Å². The molecule has 0 saturated carbocycles. The van der Waals surface area contributed by atoms with Crippen molar-refractivity contribution in [2.24, 2.45) is 0 Å². The van der Waals surface area contributed by atoms with Crippen molar-refractivity contribution >= 4 is 20.6 Å². The van der Waals surface area contributed by atoms with Crippen molar-refractivity contribution < 1.29 is 0 Å². The monoisotopic (exact) mass is 424 g/mol. The zero-order valence-electron chi connectivity index (χ0n) is 20.2. The Morgan fingerprint density at radius 3 is 1.10 bits per heavy atom. The van der Waals surface area contributed by atoms with Gasteiger partial charge in [-0.15, -0.1) is 0 Å². The molecular formula is C27H41N2P. The van der Waals surface area contributed by atoms with E-state index >= 15 is 0 Å². The van der Waals surface area contributed by atoms with Crippen LogP contribution in [0.2, 0.25) is 0 Å². The Kier molecular flexibility index (Phi) is 7.18. The lowest BCUT2D eigenvalue weighted by molar-refractivity contribution is 0.781. The zero-order valence-corrected chi connectivity index (χ0v) is 21.4. The van der Waals surface area contributed by atoms with Gasteiger partial charge in [-0.1, -0.05) is 101 Å². The smallest absolute Gasteiger partial charge is 0.115 e. The van der Waals surface area contributed by atoms with E-state index in [0.29, 0.717) is 23.7 Å². The standard InChI is InChI=1S/C27H41N2P/c1-17(2)21-11-9-12-22(18(3)4)25(21)28-15-16-29(27(28)30)26-23(19(5)6)13-10-14-24(26)20(7)8/h9-14,17-20,27H,15-16,30H2,1-8H3. The van der Waals surface area contributed by atoms with E-state index in [1.54, 1.807) is 0 Å². The molecule has 0 radical (unpaired) electrons. The molecule has 2 aromatic rings. The fourth-order valence-electron chi connectivity index (χ4n) is 4.82. The molecule has 1 unspecified atom stereocenters. The number of rotatable bonds is 6. The van der Waals surface area contributed by atoms with Crippen LogP contribution in [0.4, 0.5) is 11.4 Å². The summed E-state index contributed by atoms with van der Waals surface area (Å²) < 4.78 is 0. The molecule has 30 heavy (non-hydrogen) atoms. The molecule has 0 amide bonds. The van der Waals surface area contributed by atoms with Crippen LogP contribution in [0.25, 0.3) is 0 Å². The molecular weight excluding hydrogens is 383 g/mol. The minimum Gasteiger partial charge on any atom is -0.346 e. The first-order valence-electron chi connectivity index (χ1n) is 11.7. The van der Waals surface area contributed by atoms with Crippen LogP contribution >= 0.6 is 9.24 Å². The van der Waals surface area contributed by atoms with Gasteiger partial charge in [-0.2, -0.15) is 0 Å². The highest BCUT2D eigenvalue weighted by molar-refractivity contribution is 7.18. The molecule has 1 aliphatic rings. The van der Waals surface area contributed by atoms with Gasteiger partial charge in [0.05, 0.1) is 0 Å². The fraction of sp³-hybridized carbons (Fsp3) is 0.556. The minimum atomic E-state index is 0.264. The summed E-state index contributed by atoms with van der Waals surface area (Å²) in [5, 5.41) is 0. The highest BCUT2D eigenvalue weighted by Gasteiger charge is 2.34. The third-order valence-electron chi connectivity index (χ3n) is 6.48. The summed E-state index contributed by atoms with van der Waals surface area (Å²) in [6.45, 7) is 20.7. The topological polar surface area (TPSA) is 6.48 Å². The van der Waals surface area contributed by atoms with Crippen molar-refractivity contribution in [2.75, 3.05) is 22.9 Å². The third-order valence-corrected chi connectivity index (χ3v) is 7.20. The largest absolute Gasteiger partial charge is 0.346 e. The highest BCUT2D eigenvalue weighted by Crippen LogP contribution is 2.43. The molecule has 2 nitrogen and oxygen atoms in total. The quantitative estimate of drug-likeness (QED) is 0.439. The molecule has 1 saturated heterocycles. The first kappa shape index (κ1) is 23.1. The minimum absolute atomic E-state index is 0.264. The Labute approximate surface area is 187 Å². The maximum Gasteiger partial charge on any atom is 0.115 e. The number of anilines is 2. The summed E-state index contributed by atoms with van der Waals surface area (Å²) in [6, 6.07) is 13.8. The Morgan fingerprint density at radius 2 is 0.867 bits per heavy atom. The predicted octanol–water partition coefficient (Wildman–Crippen LogP) is 7.67. The van der Waals surface area contributed by atoms with Crippen molar-refractivity contribution in [3.05, 3.63) is 58.7 Å². The summed E-state index contributed by atoms with van der Waals surface area (Å²) in [4.78, 5) is 5.27. The van der Waals surface area contributed by atoms with Crippen molar-refractivity contribution in [1.29, 1.82) is 0 Å². The molecule has 1 heterocycles. The van der Waals surface area contributed by atoms with Gasteiger partial charge in [0.15, 0.2) is 0 Å². The van der Waals surface area contributed by atoms with E-state index in [2.05, 4.69) is 111 Å². The lowest BCUT2D eigenvalue weighted by atomic mass is 9.92. The van der Waals surface area contributed by atoms with Crippen LogP contribution in [0.3, 0.4) is 0 Å². The first-order chi connectivity index (χ1) is 14.1. The van der Waals surface area contributed by atoms with Gasteiger partial charge in [0.1, 0.15) is 5.91 Å². The number of hydrogen-bond acceptors (Lipinski definition) is 2. The summed E-state index contributed by atoms with van der Waals surface area (Å²) in [5.41, 5.74) is 8.79. The van der Waals surface area contributed by atoms with E-state index in [1.165, 1.54) is 33.6 Å². The van der Waals surface area contributed by atoms with Gasteiger partial charge in [0, 0.05) is 24.5 Å². The molecule has 1 aliphatic heterocycles. The SMILES string of the molecule is CC(C)c1cccc(C(C)C)c1N1CCN(c2c(C(C)C)cccc2C(C)C)C1P. The first-order valence-corrected chi connectivity index (χ1v) is 12.4. The van der Waals surface area contributed by atoms with Crippen molar-refractivity contribution in [3.63, 3.8) is 0 Å². The Balaban J connectivity index is 2.11. The highest BCUT2D eigenvalue weighted by atomic mass is 31.0. The summed E-state index contributed by atoms with van der Waals surface area (Å²) >= 11 is 0. The van der Waals surface area contributed by atoms with Crippen LogP contribution < -0.4 is 9.80 Å². The molecule has 0 bridgehead atoms. The van der Waals surface area contributed by atoms with Crippen molar-refractivity contribution in [2.45, 2.75) is 85.0 Å². The van der Waals surface area contributed by atoms with Crippen LogP contribution in [0.1, 0.15) is 101 Å². The molecule has 1 atom stereocenters. The van der Waals surface area contributed by atoms with Gasteiger partial charge in [0.25, 0.3) is 0 Å². The predicted molar refractivity (Wildman–Crippen MR) is 137 cm³/mol. The normalized spacial score (nSPS) is 15.5. The zero-order chi connectivity index (χ0) is 22.2. The summed E-state index contributed by atoms with van der Waals surface area (Å²) in [5.74, 6) is 2.32. The number of benzene rings is 2. The molecule has 2 aromatic carbocycles. The molecule has 0 N–H and O–H groups in total. The second kappa shape index (κ2) is 9.31. The number of hydrogen-bond donors (Lipinski definition) is 0.